The molecule has 0 aromatic heterocycles. The third-order valence-corrected chi connectivity index (χ3v) is 3.20. The van der Waals surface area contributed by atoms with Crippen LogP contribution in [0.15, 0.2) is 54.6 Å². The van der Waals surface area contributed by atoms with E-state index in [0.717, 1.165) is 12.8 Å². The van der Waals surface area contributed by atoms with Gasteiger partial charge in [-0.25, -0.2) is 0 Å². The van der Waals surface area contributed by atoms with Crippen molar-refractivity contribution >= 4 is 0 Å². The van der Waals surface area contributed by atoms with E-state index in [1.54, 1.807) is 0 Å². The summed E-state index contributed by atoms with van der Waals surface area (Å²) in [6.07, 6.45) is 1.95. The standard InChI is InChI=1S/C10H15N.C9H13N/c1-8-5-3-4-6-10(8)7-9(2)11;1-8(10)7-9-5-3-2-4-6-9/h3-6,9H,7,11H2,1-2H3;2-6,8H,7,10H2,1H3. The second kappa shape index (κ2) is 9.32. The molecular formula is C19H28N2. The molecule has 4 N–H and O–H groups in total. The number of nitrogens with two attached hydrogens (primary N) is 2. The maximum absolute atomic E-state index is 5.69. The van der Waals surface area contributed by atoms with E-state index in [1.807, 2.05) is 32.0 Å². The molecule has 0 saturated heterocycles. The van der Waals surface area contributed by atoms with E-state index >= 15 is 0 Å². The molecule has 0 fully saturated rings. The maximum atomic E-state index is 5.69. The first kappa shape index (κ1) is 17.4. The van der Waals surface area contributed by atoms with Gasteiger partial charge >= 0.3 is 0 Å². The van der Waals surface area contributed by atoms with Crippen LogP contribution in [0.4, 0.5) is 0 Å². The average molecular weight is 284 g/mol. The highest BCUT2D eigenvalue weighted by Gasteiger charge is 1.99. The fourth-order valence-electron chi connectivity index (χ4n) is 2.17. The minimum absolute atomic E-state index is 0.260. The van der Waals surface area contributed by atoms with Crippen molar-refractivity contribution in [1.29, 1.82) is 0 Å². The molecule has 0 heterocycles. The topological polar surface area (TPSA) is 52.0 Å². The van der Waals surface area contributed by atoms with Crippen molar-refractivity contribution in [1.82, 2.24) is 0 Å². The number of hydrogen-bond acceptors (Lipinski definition) is 2. The Morgan fingerprint density at radius 3 is 1.81 bits per heavy atom. The van der Waals surface area contributed by atoms with Gasteiger partial charge in [0.2, 0.25) is 0 Å². The lowest BCUT2D eigenvalue weighted by Crippen LogP contribution is -2.18. The Morgan fingerprint density at radius 1 is 0.762 bits per heavy atom. The summed E-state index contributed by atoms with van der Waals surface area (Å²) in [5.41, 5.74) is 15.3. The van der Waals surface area contributed by atoms with Crippen molar-refractivity contribution in [3.05, 3.63) is 71.3 Å². The quantitative estimate of drug-likeness (QED) is 0.903. The molecule has 0 aliphatic carbocycles. The zero-order valence-corrected chi connectivity index (χ0v) is 13.4. The van der Waals surface area contributed by atoms with Gasteiger partial charge in [0.05, 0.1) is 0 Å². The van der Waals surface area contributed by atoms with Crippen molar-refractivity contribution in [3.8, 4) is 0 Å². The van der Waals surface area contributed by atoms with Gasteiger partial charge in [-0.15, -0.1) is 0 Å². The van der Waals surface area contributed by atoms with Crippen LogP contribution in [-0.2, 0) is 12.8 Å². The van der Waals surface area contributed by atoms with E-state index in [4.69, 9.17) is 11.5 Å². The summed E-state index contributed by atoms with van der Waals surface area (Å²) < 4.78 is 0. The fraction of sp³-hybridized carbons (Fsp3) is 0.368. The van der Waals surface area contributed by atoms with Gasteiger partial charge in [0.1, 0.15) is 0 Å². The summed E-state index contributed by atoms with van der Waals surface area (Å²) in [6, 6.07) is 19.2. The van der Waals surface area contributed by atoms with E-state index in [2.05, 4.69) is 43.3 Å². The minimum Gasteiger partial charge on any atom is -0.328 e. The summed E-state index contributed by atoms with van der Waals surface area (Å²) in [6.45, 7) is 6.18. The first-order chi connectivity index (χ1) is 9.99. The molecule has 2 rings (SSSR count). The molecule has 21 heavy (non-hydrogen) atoms. The van der Waals surface area contributed by atoms with E-state index in [0.29, 0.717) is 0 Å². The average Bonchev–Trinajstić information content (AvgIpc) is 2.42. The van der Waals surface area contributed by atoms with Crippen molar-refractivity contribution < 1.29 is 0 Å². The molecular weight excluding hydrogens is 256 g/mol. The van der Waals surface area contributed by atoms with Crippen LogP contribution in [0.2, 0.25) is 0 Å². The molecule has 0 aliphatic heterocycles. The van der Waals surface area contributed by atoms with E-state index in [-0.39, 0.29) is 12.1 Å². The largest absolute Gasteiger partial charge is 0.328 e. The molecule has 2 heteroatoms. The summed E-state index contributed by atoms with van der Waals surface area (Å²) in [5.74, 6) is 0. The van der Waals surface area contributed by atoms with Gasteiger partial charge in [-0.1, -0.05) is 54.6 Å². The van der Waals surface area contributed by atoms with Gasteiger partial charge < -0.3 is 11.5 Å². The second-order valence-corrected chi connectivity index (χ2v) is 5.77. The third kappa shape index (κ3) is 7.64. The van der Waals surface area contributed by atoms with Crippen molar-refractivity contribution in [3.63, 3.8) is 0 Å². The predicted octanol–water partition coefficient (Wildman–Crippen LogP) is 3.46. The molecule has 2 unspecified atom stereocenters. The summed E-state index contributed by atoms with van der Waals surface area (Å²) in [4.78, 5) is 0. The zero-order chi connectivity index (χ0) is 15.7. The summed E-state index contributed by atoms with van der Waals surface area (Å²) in [5, 5.41) is 0. The number of benzene rings is 2. The van der Waals surface area contributed by atoms with Crippen LogP contribution in [0.25, 0.3) is 0 Å². The maximum Gasteiger partial charge on any atom is 0.00510 e. The SMILES string of the molecule is CC(N)Cc1ccccc1.Cc1ccccc1CC(C)N. The van der Waals surface area contributed by atoms with Crippen LogP contribution in [0.5, 0.6) is 0 Å². The molecule has 114 valence electrons. The van der Waals surface area contributed by atoms with Crippen molar-refractivity contribution in [2.24, 2.45) is 11.5 Å². The number of hydrogen-bond donors (Lipinski definition) is 2. The number of aryl methyl sites for hydroxylation is 1. The Labute approximate surface area is 129 Å². The molecule has 0 spiro atoms. The summed E-state index contributed by atoms with van der Waals surface area (Å²) >= 11 is 0. The van der Waals surface area contributed by atoms with Crippen LogP contribution in [0.3, 0.4) is 0 Å². The fourth-order valence-corrected chi connectivity index (χ4v) is 2.17. The lowest BCUT2D eigenvalue weighted by Gasteiger charge is -2.07. The Balaban J connectivity index is 0.000000211. The van der Waals surface area contributed by atoms with Crippen LogP contribution in [0.1, 0.15) is 30.5 Å². The first-order valence-electron chi connectivity index (χ1n) is 7.58. The monoisotopic (exact) mass is 284 g/mol. The van der Waals surface area contributed by atoms with Crippen LogP contribution in [0, 0.1) is 6.92 Å². The van der Waals surface area contributed by atoms with E-state index in [9.17, 15) is 0 Å². The highest BCUT2D eigenvalue weighted by molar-refractivity contribution is 5.26. The zero-order valence-electron chi connectivity index (χ0n) is 13.4. The Kier molecular flexibility index (Phi) is 7.73. The molecule has 2 atom stereocenters. The van der Waals surface area contributed by atoms with Gasteiger partial charge in [-0.2, -0.15) is 0 Å². The van der Waals surface area contributed by atoms with Crippen LogP contribution in [-0.4, -0.2) is 12.1 Å². The first-order valence-corrected chi connectivity index (χ1v) is 7.58. The van der Waals surface area contributed by atoms with E-state index in [1.165, 1.54) is 16.7 Å². The molecule has 0 aliphatic rings. The molecule has 0 amide bonds. The van der Waals surface area contributed by atoms with Crippen LogP contribution >= 0.6 is 0 Å². The molecule has 2 nitrogen and oxygen atoms in total. The van der Waals surface area contributed by atoms with Crippen molar-refractivity contribution in [2.45, 2.75) is 45.7 Å². The third-order valence-electron chi connectivity index (χ3n) is 3.20. The van der Waals surface area contributed by atoms with Gasteiger partial charge in [0, 0.05) is 12.1 Å². The minimum atomic E-state index is 0.260. The molecule has 2 aromatic rings. The van der Waals surface area contributed by atoms with Gasteiger partial charge in [0.15, 0.2) is 0 Å². The lowest BCUT2D eigenvalue weighted by molar-refractivity contribution is 0.735. The molecule has 0 radical (unpaired) electrons. The number of rotatable bonds is 4. The normalized spacial score (nSPS) is 13.0. The lowest BCUT2D eigenvalue weighted by atomic mass is 10.0. The predicted molar refractivity (Wildman–Crippen MR) is 92.3 cm³/mol. The molecule has 2 aromatic carbocycles. The summed E-state index contributed by atoms with van der Waals surface area (Å²) in [7, 11) is 0. The highest BCUT2D eigenvalue weighted by atomic mass is 14.6. The Hall–Kier alpha value is -1.64. The van der Waals surface area contributed by atoms with Gasteiger partial charge in [-0.3, -0.25) is 0 Å². The van der Waals surface area contributed by atoms with Gasteiger partial charge in [0.25, 0.3) is 0 Å². The smallest absolute Gasteiger partial charge is 0.00510 e. The molecule has 0 saturated carbocycles. The second-order valence-electron chi connectivity index (χ2n) is 5.77. The van der Waals surface area contributed by atoms with Crippen molar-refractivity contribution in [2.75, 3.05) is 0 Å². The van der Waals surface area contributed by atoms with E-state index < -0.39 is 0 Å². The Morgan fingerprint density at radius 2 is 1.29 bits per heavy atom. The van der Waals surface area contributed by atoms with Gasteiger partial charge in [-0.05, 0) is 50.3 Å². The Bertz CT molecular complexity index is 504. The van der Waals surface area contributed by atoms with Crippen LogP contribution < -0.4 is 11.5 Å². The molecule has 0 bridgehead atoms. The highest BCUT2D eigenvalue weighted by Crippen LogP contribution is 2.08.